The number of nitrogens with one attached hydrogen (secondary N) is 1. The van der Waals surface area contributed by atoms with Crippen LogP contribution in [0.15, 0.2) is 54.6 Å². The predicted molar refractivity (Wildman–Crippen MR) is 141 cm³/mol. The summed E-state index contributed by atoms with van der Waals surface area (Å²) in [5.74, 6) is 0.289. The van der Waals surface area contributed by atoms with E-state index < -0.39 is 0 Å². The van der Waals surface area contributed by atoms with Crippen molar-refractivity contribution in [3.8, 4) is 5.75 Å². The zero-order valence-electron chi connectivity index (χ0n) is 21.0. The monoisotopic (exact) mass is 502 g/mol. The number of likely N-dealkylation sites (tertiary alicyclic amines) is 1. The number of phenolic OH excluding ortho intramolecular Hbond substituents is 1. The van der Waals surface area contributed by atoms with E-state index in [-0.39, 0.29) is 48.6 Å². The fourth-order valence-electron chi connectivity index (χ4n) is 4.91. The molecule has 1 aliphatic heterocycles. The third-order valence-electron chi connectivity index (χ3n) is 7.21. The zero-order chi connectivity index (χ0) is 24.6. The molecule has 1 aliphatic rings. The van der Waals surface area contributed by atoms with E-state index in [9.17, 15) is 14.7 Å². The van der Waals surface area contributed by atoms with Crippen molar-refractivity contribution in [2.24, 2.45) is 11.8 Å². The Bertz CT molecular complexity index is 955. The van der Waals surface area contributed by atoms with Gasteiger partial charge in [0, 0.05) is 19.0 Å². The number of piperidine rings is 1. The molecule has 3 rings (SSSR count). The van der Waals surface area contributed by atoms with Crippen molar-refractivity contribution < 1.29 is 19.4 Å². The molecule has 2 N–H and O–H groups in total. The molecule has 0 saturated carbocycles. The quantitative estimate of drug-likeness (QED) is 0.452. The molecule has 192 valence electrons. The van der Waals surface area contributed by atoms with Crippen molar-refractivity contribution >= 4 is 24.2 Å². The number of carbonyl (C=O) groups is 2. The number of ketones is 1. The summed E-state index contributed by atoms with van der Waals surface area (Å²) in [6, 6.07) is 17.7. The van der Waals surface area contributed by atoms with E-state index in [0.717, 1.165) is 25.1 Å². The molecule has 0 amide bonds. The van der Waals surface area contributed by atoms with E-state index in [4.69, 9.17) is 4.74 Å². The second kappa shape index (κ2) is 13.6. The Balaban J connectivity index is 0.00000432. The van der Waals surface area contributed by atoms with Crippen LogP contribution >= 0.6 is 12.4 Å². The summed E-state index contributed by atoms with van der Waals surface area (Å²) < 4.78 is 4.94. The van der Waals surface area contributed by atoms with Gasteiger partial charge in [0.05, 0.1) is 19.7 Å². The molecular weight excluding hydrogens is 464 g/mol. The Morgan fingerprint density at radius 1 is 1.17 bits per heavy atom. The first kappa shape index (κ1) is 28.8. The van der Waals surface area contributed by atoms with Crippen molar-refractivity contribution in [3.63, 3.8) is 0 Å². The van der Waals surface area contributed by atoms with Crippen LogP contribution in [0.25, 0.3) is 0 Å². The molecule has 2 aromatic carbocycles. The molecule has 1 fully saturated rings. The van der Waals surface area contributed by atoms with Gasteiger partial charge in [-0.3, -0.25) is 9.59 Å². The van der Waals surface area contributed by atoms with E-state index >= 15 is 0 Å². The molecule has 0 radical (unpaired) electrons. The molecule has 0 spiro atoms. The van der Waals surface area contributed by atoms with E-state index in [1.54, 1.807) is 13.0 Å². The van der Waals surface area contributed by atoms with E-state index in [1.165, 1.54) is 5.56 Å². The molecular formula is C28H39ClN2O4. The number of hydrogen-bond acceptors (Lipinski definition) is 6. The Hall–Kier alpha value is -2.41. The summed E-state index contributed by atoms with van der Waals surface area (Å²) >= 11 is 0. The Labute approximate surface area is 215 Å². The summed E-state index contributed by atoms with van der Waals surface area (Å²) in [4.78, 5) is 27.2. The minimum atomic E-state index is -0.342. The van der Waals surface area contributed by atoms with Gasteiger partial charge in [-0.15, -0.1) is 12.4 Å². The summed E-state index contributed by atoms with van der Waals surface area (Å²) in [7, 11) is 0. The first-order chi connectivity index (χ1) is 16.3. The maximum Gasteiger partial charge on any atom is 0.319 e. The van der Waals surface area contributed by atoms with Crippen LogP contribution in [-0.4, -0.2) is 61.1 Å². The Kier molecular flexibility index (Phi) is 11.2. The van der Waals surface area contributed by atoms with Gasteiger partial charge in [0.1, 0.15) is 5.75 Å². The van der Waals surface area contributed by atoms with Crippen LogP contribution in [0.2, 0.25) is 0 Å². The lowest BCUT2D eigenvalue weighted by Gasteiger charge is -2.45. The normalized spacial score (nSPS) is 21.1. The number of phenols is 1. The van der Waals surface area contributed by atoms with Gasteiger partial charge in [-0.1, -0.05) is 56.3 Å². The van der Waals surface area contributed by atoms with Crippen LogP contribution in [0.5, 0.6) is 5.75 Å². The van der Waals surface area contributed by atoms with E-state index in [1.807, 2.05) is 30.3 Å². The minimum Gasteiger partial charge on any atom is -0.508 e. The number of rotatable bonds is 11. The van der Waals surface area contributed by atoms with Crippen LogP contribution in [0.4, 0.5) is 0 Å². The predicted octanol–water partition coefficient (Wildman–Crippen LogP) is 3.99. The molecule has 1 heterocycles. The molecule has 0 aromatic heterocycles. The average molecular weight is 503 g/mol. The minimum absolute atomic E-state index is 0. The number of halogens is 1. The molecule has 0 bridgehead atoms. The number of esters is 1. The van der Waals surface area contributed by atoms with Crippen LogP contribution in [0.1, 0.15) is 38.3 Å². The molecule has 0 aliphatic carbocycles. The maximum absolute atomic E-state index is 13.2. The average Bonchev–Trinajstić information content (AvgIpc) is 2.82. The number of ether oxygens (including phenoxy) is 1. The van der Waals surface area contributed by atoms with Crippen molar-refractivity contribution in [2.45, 2.75) is 39.0 Å². The first-order valence-electron chi connectivity index (χ1n) is 12.3. The fourth-order valence-corrected chi connectivity index (χ4v) is 4.91. The van der Waals surface area contributed by atoms with Gasteiger partial charge < -0.3 is 20.1 Å². The second-order valence-electron chi connectivity index (χ2n) is 9.64. The molecule has 2 aromatic rings. The topological polar surface area (TPSA) is 78.9 Å². The summed E-state index contributed by atoms with van der Waals surface area (Å²) in [6.07, 6.45) is 1.64. The molecule has 1 saturated heterocycles. The van der Waals surface area contributed by atoms with Crippen molar-refractivity contribution in [3.05, 3.63) is 65.7 Å². The third kappa shape index (κ3) is 8.06. The highest BCUT2D eigenvalue weighted by Gasteiger charge is 2.39. The van der Waals surface area contributed by atoms with E-state index in [2.05, 4.69) is 42.3 Å². The SMILES string of the molecule is CCOC(=O)CNCC(=O)C(Cc1ccccc1)CN1CCC(C)(c2cccc(O)c2)C(C)C1.Cl. The number of benzene rings is 2. The largest absolute Gasteiger partial charge is 0.508 e. The molecule has 6 nitrogen and oxygen atoms in total. The highest BCUT2D eigenvalue weighted by atomic mass is 35.5. The Morgan fingerprint density at radius 2 is 1.91 bits per heavy atom. The lowest BCUT2D eigenvalue weighted by atomic mass is 9.68. The van der Waals surface area contributed by atoms with Gasteiger partial charge in [0.2, 0.25) is 0 Å². The molecule has 7 heteroatoms. The smallest absolute Gasteiger partial charge is 0.319 e. The van der Waals surface area contributed by atoms with Gasteiger partial charge >= 0.3 is 5.97 Å². The highest BCUT2D eigenvalue weighted by Crippen LogP contribution is 2.40. The Morgan fingerprint density at radius 3 is 2.57 bits per heavy atom. The standard InChI is InChI=1S/C28H38N2O4.ClH/c1-4-34-27(33)18-29-17-26(32)23(15-22-9-6-5-7-10-22)20-30-14-13-28(3,21(2)19-30)24-11-8-12-25(31)16-24;/h5-12,16,21,23,29,31H,4,13-15,17-20H2,1-3H3;1H. The maximum atomic E-state index is 13.2. The number of hydrogen-bond donors (Lipinski definition) is 2. The van der Waals surface area contributed by atoms with Crippen molar-refractivity contribution in [1.29, 1.82) is 0 Å². The lowest BCUT2D eigenvalue weighted by molar-refractivity contribution is -0.142. The van der Waals surface area contributed by atoms with Crippen LogP contribution in [0.3, 0.4) is 0 Å². The van der Waals surface area contributed by atoms with Crippen LogP contribution in [0, 0.1) is 11.8 Å². The highest BCUT2D eigenvalue weighted by molar-refractivity contribution is 5.85. The number of nitrogens with zero attached hydrogens (tertiary/aromatic N) is 1. The zero-order valence-corrected chi connectivity index (χ0v) is 21.9. The molecule has 3 unspecified atom stereocenters. The van der Waals surface area contributed by atoms with Crippen molar-refractivity contribution in [1.82, 2.24) is 10.2 Å². The summed E-state index contributed by atoms with van der Waals surface area (Å²) in [6.45, 7) is 9.30. The van der Waals surface area contributed by atoms with Crippen LogP contribution < -0.4 is 5.32 Å². The van der Waals surface area contributed by atoms with Crippen molar-refractivity contribution in [2.75, 3.05) is 39.3 Å². The number of aromatic hydroxyl groups is 1. The molecule has 3 atom stereocenters. The van der Waals surface area contributed by atoms with Gasteiger partial charge in [-0.05, 0) is 60.9 Å². The second-order valence-corrected chi connectivity index (χ2v) is 9.64. The summed E-state index contributed by atoms with van der Waals surface area (Å²) in [5, 5.41) is 12.9. The van der Waals surface area contributed by atoms with Gasteiger partial charge in [-0.25, -0.2) is 0 Å². The summed E-state index contributed by atoms with van der Waals surface area (Å²) in [5.41, 5.74) is 2.29. The number of carbonyl (C=O) groups excluding carboxylic acids is 2. The van der Waals surface area contributed by atoms with Gasteiger partial charge in [0.25, 0.3) is 0 Å². The first-order valence-corrected chi connectivity index (χ1v) is 12.3. The third-order valence-corrected chi connectivity index (χ3v) is 7.21. The fraction of sp³-hybridized carbons (Fsp3) is 0.500. The van der Waals surface area contributed by atoms with E-state index in [0.29, 0.717) is 31.2 Å². The molecule has 35 heavy (non-hydrogen) atoms. The number of Topliss-reactive ketones (excluding diaryl/α,β-unsaturated/α-hetero) is 1. The van der Waals surface area contributed by atoms with Crippen LogP contribution in [-0.2, 0) is 26.2 Å². The van der Waals surface area contributed by atoms with Gasteiger partial charge in [0.15, 0.2) is 5.78 Å². The lowest BCUT2D eigenvalue weighted by Crippen LogP contribution is -2.50. The van der Waals surface area contributed by atoms with Gasteiger partial charge in [-0.2, -0.15) is 0 Å².